The summed E-state index contributed by atoms with van der Waals surface area (Å²) in [6, 6.07) is 0. The summed E-state index contributed by atoms with van der Waals surface area (Å²) in [7, 11) is 0. The Bertz CT molecular complexity index is 176. The van der Waals surface area contributed by atoms with Gasteiger partial charge in [-0.05, 0) is 25.9 Å². The van der Waals surface area contributed by atoms with Gasteiger partial charge in [-0.2, -0.15) is 0 Å². The van der Waals surface area contributed by atoms with E-state index in [1.54, 1.807) is 0 Å². The maximum Gasteiger partial charge on any atom is 0.508 e. The smallest absolute Gasteiger partial charge is 0.431 e. The molecule has 0 saturated carbocycles. The quantitative estimate of drug-likeness (QED) is 0.528. The standard InChI is InChI=1S/C9H15NO3/c1-2-7-12-9(11)13-8-3-5-10-6-4-8/h2,8,10H,1,3-7H2. The van der Waals surface area contributed by atoms with Crippen molar-refractivity contribution in [2.24, 2.45) is 0 Å². The molecule has 4 nitrogen and oxygen atoms in total. The minimum absolute atomic E-state index is 0.0126. The van der Waals surface area contributed by atoms with Gasteiger partial charge in [-0.15, -0.1) is 0 Å². The van der Waals surface area contributed by atoms with Gasteiger partial charge in [0, 0.05) is 0 Å². The highest BCUT2D eigenvalue weighted by atomic mass is 16.7. The van der Waals surface area contributed by atoms with Crippen LogP contribution in [0.1, 0.15) is 12.8 Å². The Labute approximate surface area is 77.9 Å². The Kier molecular flexibility index (Phi) is 4.32. The largest absolute Gasteiger partial charge is 0.508 e. The van der Waals surface area contributed by atoms with E-state index >= 15 is 0 Å². The van der Waals surface area contributed by atoms with Crippen LogP contribution in [0.5, 0.6) is 0 Å². The first-order valence-corrected chi connectivity index (χ1v) is 4.48. The second-order valence-corrected chi connectivity index (χ2v) is 2.92. The summed E-state index contributed by atoms with van der Waals surface area (Å²) < 4.78 is 9.74. The minimum Gasteiger partial charge on any atom is -0.431 e. The number of hydrogen-bond acceptors (Lipinski definition) is 4. The van der Waals surface area contributed by atoms with E-state index in [1.165, 1.54) is 6.08 Å². The van der Waals surface area contributed by atoms with Crippen LogP contribution in [0.3, 0.4) is 0 Å². The van der Waals surface area contributed by atoms with E-state index in [1.807, 2.05) is 0 Å². The fraction of sp³-hybridized carbons (Fsp3) is 0.667. The third-order valence-electron chi connectivity index (χ3n) is 1.87. The van der Waals surface area contributed by atoms with Crippen LogP contribution >= 0.6 is 0 Å². The van der Waals surface area contributed by atoms with Crippen molar-refractivity contribution in [2.45, 2.75) is 18.9 Å². The Morgan fingerprint density at radius 2 is 2.23 bits per heavy atom. The molecule has 1 heterocycles. The predicted molar refractivity (Wildman–Crippen MR) is 48.5 cm³/mol. The van der Waals surface area contributed by atoms with E-state index in [9.17, 15) is 4.79 Å². The molecule has 0 aliphatic carbocycles. The average Bonchev–Trinajstić information content (AvgIpc) is 2.16. The molecular formula is C9H15NO3. The van der Waals surface area contributed by atoms with Gasteiger partial charge in [-0.3, -0.25) is 0 Å². The zero-order valence-electron chi connectivity index (χ0n) is 7.62. The second-order valence-electron chi connectivity index (χ2n) is 2.92. The van der Waals surface area contributed by atoms with Gasteiger partial charge in [0.25, 0.3) is 0 Å². The van der Waals surface area contributed by atoms with E-state index < -0.39 is 6.16 Å². The maximum absolute atomic E-state index is 11.0. The molecule has 1 aliphatic heterocycles. The molecule has 1 fully saturated rings. The van der Waals surface area contributed by atoms with E-state index in [2.05, 4.69) is 11.9 Å². The molecule has 0 aromatic rings. The Morgan fingerprint density at radius 1 is 1.54 bits per heavy atom. The molecule has 1 aliphatic rings. The van der Waals surface area contributed by atoms with Gasteiger partial charge >= 0.3 is 6.16 Å². The number of rotatable bonds is 3. The lowest BCUT2D eigenvalue weighted by Gasteiger charge is -2.21. The molecule has 0 radical (unpaired) electrons. The topological polar surface area (TPSA) is 47.6 Å². The molecule has 0 unspecified atom stereocenters. The molecule has 4 heteroatoms. The average molecular weight is 185 g/mol. The number of nitrogens with one attached hydrogen (secondary N) is 1. The van der Waals surface area contributed by atoms with Crippen molar-refractivity contribution >= 4 is 6.16 Å². The van der Waals surface area contributed by atoms with Gasteiger partial charge in [-0.1, -0.05) is 12.7 Å². The second kappa shape index (κ2) is 5.59. The maximum atomic E-state index is 11.0. The first-order chi connectivity index (χ1) is 6.33. The Morgan fingerprint density at radius 3 is 2.85 bits per heavy atom. The van der Waals surface area contributed by atoms with E-state index in [-0.39, 0.29) is 12.7 Å². The highest BCUT2D eigenvalue weighted by molar-refractivity contribution is 5.60. The van der Waals surface area contributed by atoms with Crippen LogP contribution in [0.2, 0.25) is 0 Å². The van der Waals surface area contributed by atoms with Crippen LogP contribution in [0.15, 0.2) is 12.7 Å². The van der Waals surface area contributed by atoms with Crippen molar-refractivity contribution in [1.29, 1.82) is 0 Å². The van der Waals surface area contributed by atoms with E-state index in [4.69, 9.17) is 9.47 Å². The summed E-state index contributed by atoms with van der Waals surface area (Å²) >= 11 is 0. The normalized spacial score (nSPS) is 17.8. The third-order valence-corrected chi connectivity index (χ3v) is 1.87. The molecule has 13 heavy (non-hydrogen) atoms. The molecule has 0 bridgehead atoms. The van der Waals surface area contributed by atoms with Crippen LogP contribution in [-0.4, -0.2) is 32.0 Å². The lowest BCUT2D eigenvalue weighted by atomic mass is 10.1. The molecule has 0 aromatic heterocycles. The number of ether oxygens (including phenoxy) is 2. The molecule has 0 aromatic carbocycles. The first-order valence-electron chi connectivity index (χ1n) is 4.48. The van der Waals surface area contributed by atoms with Gasteiger partial charge in [0.2, 0.25) is 0 Å². The summed E-state index contributed by atoms with van der Waals surface area (Å²) in [4.78, 5) is 11.0. The summed E-state index contributed by atoms with van der Waals surface area (Å²) in [5.74, 6) is 0. The van der Waals surface area contributed by atoms with Crippen molar-refractivity contribution in [3.8, 4) is 0 Å². The molecule has 74 valence electrons. The molecule has 1 saturated heterocycles. The van der Waals surface area contributed by atoms with Crippen LogP contribution in [0, 0.1) is 0 Å². The van der Waals surface area contributed by atoms with Crippen molar-refractivity contribution in [3.05, 3.63) is 12.7 Å². The van der Waals surface area contributed by atoms with Crippen molar-refractivity contribution in [1.82, 2.24) is 5.32 Å². The van der Waals surface area contributed by atoms with Crippen LogP contribution in [0.4, 0.5) is 4.79 Å². The van der Waals surface area contributed by atoms with Crippen LogP contribution < -0.4 is 5.32 Å². The molecule has 1 N–H and O–H groups in total. The van der Waals surface area contributed by atoms with Gasteiger partial charge in [-0.25, -0.2) is 4.79 Å². The van der Waals surface area contributed by atoms with Crippen molar-refractivity contribution < 1.29 is 14.3 Å². The Hall–Kier alpha value is -1.03. The summed E-state index contributed by atoms with van der Waals surface area (Å²) in [6.07, 6.45) is 2.67. The van der Waals surface area contributed by atoms with Gasteiger partial charge < -0.3 is 14.8 Å². The van der Waals surface area contributed by atoms with Gasteiger partial charge in [0.05, 0.1) is 0 Å². The summed E-state index contributed by atoms with van der Waals surface area (Å²) in [5.41, 5.74) is 0. The van der Waals surface area contributed by atoms with E-state index in [0.29, 0.717) is 0 Å². The fourth-order valence-electron chi connectivity index (χ4n) is 1.21. The number of carbonyl (C=O) groups excluding carboxylic acids is 1. The SMILES string of the molecule is C=CCOC(=O)OC1CCNCC1. The number of hydrogen-bond donors (Lipinski definition) is 1. The molecule has 0 spiro atoms. The Balaban J connectivity index is 2.14. The van der Waals surface area contributed by atoms with Crippen LogP contribution in [-0.2, 0) is 9.47 Å². The van der Waals surface area contributed by atoms with Crippen molar-refractivity contribution in [3.63, 3.8) is 0 Å². The molecule has 0 amide bonds. The summed E-state index contributed by atoms with van der Waals surface area (Å²) in [6.45, 7) is 5.45. The highest BCUT2D eigenvalue weighted by Crippen LogP contribution is 2.07. The first kappa shape index (κ1) is 10.1. The fourth-order valence-corrected chi connectivity index (χ4v) is 1.21. The van der Waals surface area contributed by atoms with E-state index in [0.717, 1.165) is 25.9 Å². The number of piperidine rings is 1. The molecule has 0 atom stereocenters. The van der Waals surface area contributed by atoms with Crippen LogP contribution in [0.25, 0.3) is 0 Å². The predicted octanol–water partition coefficient (Wildman–Crippen LogP) is 1.08. The lowest BCUT2D eigenvalue weighted by Crippen LogP contribution is -2.33. The monoisotopic (exact) mass is 185 g/mol. The zero-order chi connectivity index (χ0) is 9.52. The van der Waals surface area contributed by atoms with Crippen molar-refractivity contribution in [2.75, 3.05) is 19.7 Å². The summed E-state index contributed by atoms with van der Waals surface area (Å²) in [5, 5.41) is 3.18. The highest BCUT2D eigenvalue weighted by Gasteiger charge is 2.17. The lowest BCUT2D eigenvalue weighted by molar-refractivity contribution is 0.0192. The van der Waals surface area contributed by atoms with Gasteiger partial charge in [0.1, 0.15) is 12.7 Å². The van der Waals surface area contributed by atoms with Gasteiger partial charge in [0.15, 0.2) is 0 Å². The number of carbonyl (C=O) groups is 1. The molecule has 1 rings (SSSR count). The zero-order valence-corrected chi connectivity index (χ0v) is 7.62. The minimum atomic E-state index is -0.591. The molecular weight excluding hydrogens is 170 g/mol. The third kappa shape index (κ3) is 3.94.